The maximum atomic E-state index is 13.3. The van der Waals surface area contributed by atoms with Crippen molar-refractivity contribution >= 4 is 16.9 Å². The van der Waals surface area contributed by atoms with Crippen molar-refractivity contribution in [2.45, 2.75) is 20.0 Å². The molecule has 0 unspecified atom stereocenters. The third kappa shape index (κ3) is 3.11. The van der Waals surface area contributed by atoms with Gasteiger partial charge in [-0.2, -0.15) is 0 Å². The summed E-state index contributed by atoms with van der Waals surface area (Å²) in [4.78, 5) is 19.3. The molecule has 4 rings (SSSR count). The van der Waals surface area contributed by atoms with Gasteiger partial charge in [0.25, 0.3) is 0 Å². The van der Waals surface area contributed by atoms with E-state index in [0.29, 0.717) is 33.7 Å². The normalized spacial score (nSPS) is 11.3. The fourth-order valence-electron chi connectivity index (χ4n) is 3.09. The van der Waals surface area contributed by atoms with Crippen LogP contribution in [0.3, 0.4) is 0 Å². The molecule has 0 saturated heterocycles. The number of aromatic amines is 1. The molecular weight excluding hydrogens is 363 g/mol. The van der Waals surface area contributed by atoms with Gasteiger partial charge in [-0.15, -0.1) is 0 Å². The lowest BCUT2D eigenvalue weighted by atomic mass is 10.0. The number of halogens is 1. The average Bonchev–Trinajstić information content (AvgIpc) is 3.28. The molecule has 0 aliphatic carbocycles. The van der Waals surface area contributed by atoms with E-state index in [-0.39, 0.29) is 17.4 Å². The van der Waals surface area contributed by atoms with Crippen LogP contribution in [-0.4, -0.2) is 27.1 Å². The second-order valence-corrected chi connectivity index (χ2v) is 6.57. The maximum Gasteiger partial charge on any atom is 0.340 e. The monoisotopic (exact) mass is 380 g/mol. The molecule has 2 aromatic heterocycles. The van der Waals surface area contributed by atoms with Crippen LogP contribution in [0, 0.1) is 5.82 Å². The van der Waals surface area contributed by atoms with Crippen LogP contribution in [0.2, 0.25) is 0 Å². The van der Waals surface area contributed by atoms with Gasteiger partial charge in [-0.05, 0) is 50.2 Å². The van der Waals surface area contributed by atoms with E-state index in [1.807, 2.05) is 13.8 Å². The number of nitrogens with one attached hydrogen (secondary N) is 1. The first-order valence-electron chi connectivity index (χ1n) is 8.70. The fourth-order valence-corrected chi connectivity index (χ4v) is 3.09. The molecule has 0 saturated carbocycles. The number of hydrogen-bond donors (Lipinski definition) is 2. The number of ether oxygens (including phenoxy) is 1. The summed E-state index contributed by atoms with van der Waals surface area (Å²) < 4.78 is 25.1. The third-order valence-electron chi connectivity index (χ3n) is 4.23. The summed E-state index contributed by atoms with van der Waals surface area (Å²) >= 11 is 0. The smallest absolute Gasteiger partial charge is 0.340 e. The zero-order chi connectivity index (χ0) is 19.8. The van der Waals surface area contributed by atoms with Crippen LogP contribution in [0.15, 0.2) is 53.2 Å². The number of aromatic carboxylic acids is 1. The number of aromatic nitrogens is 2. The Morgan fingerprint density at radius 2 is 2.00 bits per heavy atom. The molecule has 2 aromatic carbocycles. The molecule has 4 aromatic rings. The van der Waals surface area contributed by atoms with Gasteiger partial charge in [0.2, 0.25) is 0 Å². The lowest BCUT2D eigenvalue weighted by Crippen LogP contribution is -2.07. The van der Waals surface area contributed by atoms with Crippen LogP contribution in [-0.2, 0) is 0 Å². The molecule has 0 aliphatic rings. The number of nitrogens with zero attached hydrogens (tertiary/aromatic N) is 1. The molecule has 7 heteroatoms. The number of fused-ring (bicyclic) bond motifs is 1. The Bertz CT molecular complexity index is 1150. The van der Waals surface area contributed by atoms with Crippen LogP contribution < -0.4 is 4.74 Å². The Labute approximate surface area is 159 Å². The van der Waals surface area contributed by atoms with Crippen molar-refractivity contribution in [3.05, 3.63) is 60.2 Å². The first-order valence-corrected chi connectivity index (χ1v) is 8.70. The molecule has 2 heterocycles. The van der Waals surface area contributed by atoms with E-state index in [0.717, 1.165) is 0 Å². The van der Waals surface area contributed by atoms with Gasteiger partial charge in [-0.1, -0.05) is 0 Å². The predicted molar refractivity (Wildman–Crippen MR) is 102 cm³/mol. The van der Waals surface area contributed by atoms with Gasteiger partial charge < -0.3 is 19.2 Å². The molecule has 2 N–H and O–H groups in total. The van der Waals surface area contributed by atoms with Crippen molar-refractivity contribution < 1.29 is 23.4 Å². The molecular formula is C21H17FN2O4. The first-order chi connectivity index (χ1) is 13.4. The summed E-state index contributed by atoms with van der Waals surface area (Å²) in [6.45, 7) is 3.76. The molecule has 0 aliphatic heterocycles. The Morgan fingerprint density at radius 1 is 1.25 bits per heavy atom. The highest BCUT2D eigenvalue weighted by Crippen LogP contribution is 2.40. The van der Waals surface area contributed by atoms with Crippen LogP contribution in [0.4, 0.5) is 4.39 Å². The number of rotatable bonds is 5. The molecule has 28 heavy (non-hydrogen) atoms. The van der Waals surface area contributed by atoms with E-state index in [4.69, 9.17) is 9.15 Å². The molecule has 0 spiro atoms. The Morgan fingerprint density at radius 3 is 2.61 bits per heavy atom. The minimum atomic E-state index is -1.14. The van der Waals surface area contributed by atoms with Crippen LogP contribution in [0.1, 0.15) is 24.2 Å². The Kier molecular flexibility index (Phi) is 4.35. The lowest BCUT2D eigenvalue weighted by Gasteiger charge is -2.13. The first kappa shape index (κ1) is 17.8. The highest BCUT2D eigenvalue weighted by Gasteiger charge is 2.24. The number of carboxylic acids is 1. The molecule has 0 amide bonds. The zero-order valence-electron chi connectivity index (χ0n) is 15.2. The van der Waals surface area contributed by atoms with Crippen molar-refractivity contribution in [3.63, 3.8) is 0 Å². The summed E-state index contributed by atoms with van der Waals surface area (Å²) in [5, 5.41) is 10.2. The minimum absolute atomic E-state index is 0.00112. The van der Waals surface area contributed by atoms with E-state index < -0.39 is 11.8 Å². The topological polar surface area (TPSA) is 88.3 Å². The summed E-state index contributed by atoms with van der Waals surface area (Å²) in [5.74, 6) is -0.320. The zero-order valence-corrected chi connectivity index (χ0v) is 15.2. The van der Waals surface area contributed by atoms with E-state index >= 15 is 0 Å². The number of imidazole rings is 1. The van der Waals surface area contributed by atoms with E-state index in [1.165, 1.54) is 24.3 Å². The van der Waals surface area contributed by atoms with Crippen LogP contribution in [0.5, 0.6) is 5.75 Å². The Hall–Kier alpha value is -3.61. The van der Waals surface area contributed by atoms with E-state index in [9.17, 15) is 14.3 Å². The van der Waals surface area contributed by atoms with Gasteiger partial charge in [0.1, 0.15) is 34.3 Å². The SMILES string of the molecule is CC(C)Oc1cc2c(C(=O)O)c(-c3ccc(F)cc3)oc2cc1-c1ncc[nH]1. The number of carboxylic acid groups (broad SMARTS) is 1. The minimum Gasteiger partial charge on any atom is -0.490 e. The summed E-state index contributed by atoms with van der Waals surface area (Å²) in [7, 11) is 0. The van der Waals surface area contributed by atoms with Crippen molar-refractivity contribution in [2.24, 2.45) is 0 Å². The van der Waals surface area contributed by atoms with Crippen molar-refractivity contribution in [3.8, 4) is 28.5 Å². The number of carbonyl (C=O) groups is 1. The van der Waals surface area contributed by atoms with Gasteiger partial charge in [0.05, 0.1) is 11.7 Å². The van der Waals surface area contributed by atoms with Crippen molar-refractivity contribution in [1.82, 2.24) is 9.97 Å². The van der Waals surface area contributed by atoms with Crippen molar-refractivity contribution in [1.29, 1.82) is 0 Å². The highest BCUT2D eigenvalue weighted by molar-refractivity contribution is 6.09. The van der Waals surface area contributed by atoms with Gasteiger partial charge in [-0.25, -0.2) is 14.2 Å². The molecule has 142 valence electrons. The van der Waals surface area contributed by atoms with E-state index in [2.05, 4.69) is 9.97 Å². The average molecular weight is 380 g/mol. The lowest BCUT2D eigenvalue weighted by molar-refractivity contribution is 0.0699. The molecule has 0 radical (unpaired) electrons. The number of furan rings is 1. The van der Waals surface area contributed by atoms with E-state index in [1.54, 1.807) is 24.5 Å². The maximum absolute atomic E-state index is 13.3. The number of benzene rings is 2. The van der Waals surface area contributed by atoms with Crippen LogP contribution in [0.25, 0.3) is 33.7 Å². The molecule has 0 bridgehead atoms. The largest absolute Gasteiger partial charge is 0.490 e. The van der Waals surface area contributed by atoms with Gasteiger partial charge >= 0.3 is 5.97 Å². The van der Waals surface area contributed by atoms with Crippen LogP contribution >= 0.6 is 0 Å². The Balaban J connectivity index is 1.99. The number of H-pyrrole nitrogens is 1. The second-order valence-electron chi connectivity index (χ2n) is 6.57. The summed E-state index contributed by atoms with van der Waals surface area (Å²) in [6.07, 6.45) is 3.18. The summed E-state index contributed by atoms with van der Waals surface area (Å²) in [6, 6.07) is 8.83. The second kappa shape index (κ2) is 6.84. The third-order valence-corrected chi connectivity index (χ3v) is 4.23. The summed E-state index contributed by atoms with van der Waals surface area (Å²) in [5.41, 5.74) is 1.50. The van der Waals surface area contributed by atoms with Crippen molar-refractivity contribution in [2.75, 3.05) is 0 Å². The van der Waals surface area contributed by atoms with Gasteiger partial charge in [0.15, 0.2) is 0 Å². The molecule has 6 nitrogen and oxygen atoms in total. The molecule has 0 atom stereocenters. The fraction of sp³-hybridized carbons (Fsp3) is 0.143. The van der Waals surface area contributed by atoms with Gasteiger partial charge in [-0.3, -0.25) is 0 Å². The highest BCUT2D eigenvalue weighted by atomic mass is 19.1. The quantitative estimate of drug-likeness (QED) is 0.502. The number of hydrogen-bond acceptors (Lipinski definition) is 4. The van der Waals surface area contributed by atoms with Gasteiger partial charge in [0, 0.05) is 23.3 Å². The predicted octanol–water partition coefficient (Wildman–Crippen LogP) is 5.11. The standard InChI is InChI=1S/C21H17FN2O4/c1-11(2)27-17-9-14-16(10-15(17)20-23-7-8-24-20)28-19(18(14)21(25)26)12-3-5-13(22)6-4-12/h3-11H,1-2H3,(H,23,24)(H,25,26). The molecule has 0 fully saturated rings.